The molecule has 0 saturated carbocycles. The van der Waals surface area contributed by atoms with Crippen LogP contribution in [0, 0.1) is 0 Å². The van der Waals surface area contributed by atoms with Gasteiger partial charge in [-0.05, 0) is 48.6 Å². The highest BCUT2D eigenvalue weighted by Gasteiger charge is 2.34. The summed E-state index contributed by atoms with van der Waals surface area (Å²) < 4.78 is 5.94. The number of hydrogen-bond acceptors (Lipinski definition) is 3. The van der Waals surface area contributed by atoms with Gasteiger partial charge in [-0.3, -0.25) is 4.99 Å². The molecule has 1 fully saturated rings. The van der Waals surface area contributed by atoms with Crippen LogP contribution in [0.25, 0.3) is 0 Å². The highest BCUT2D eigenvalue weighted by molar-refractivity contribution is 6.01. The van der Waals surface area contributed by atoms with Crippen LogP contribution < -0.4 is 4.74 Å². The second-order valence-electron chi connectivity index (χ2n) is 6.81. The van der Waals surface area contributed by atoms with E-state index in [4.69, 9.17) is 4.74 Å². The van der Waals surface area contributed by atoms with Crippen molar-refractivity contribution in [1.82, 2.24) is 4.90 Å². The first-order valence-corrected chi connectivity index (χ1v) is 9.07. The fourth-order valence-electron chi connectivity index (χ4n) is 3.72. The van der Waals surface area contributed by atoms with E-state index in [1.54, 1.807) is 0 Å². The van der Waals surface area contributed by atoms with Crippen molar-refractivity contribution in [3.63, 3.8) is 0 Å². The molecular weight excluding hydrogens is 328 g/mol. The Morgan fingerprint density at radius 1 is 1.23 bits per heavy atom. The number of rotatable bonds is 5. The first kappa shape index (κ1) is 16.6. The number of carboxylic acid groups (broad SMARTS) is 1. The Balaban J connectivity index is 1.35. The summed E-state index contributed by atoms with van der Waals surface area (Å²) in [5.74, 6) is 1.10. The molecule has 5 nitrogen and oxygen atoms in total. The number of ether oxygens (including phenoxy) is 1. The van der Waals surface area contributed by atoms with E-state index in [1.807, 2.05) is 18.2 Å². The predicted molar refractivity (Wildman–Crippen MR) is 101 cm³/mol. The van der Waals surface area contributed by atoms with Crippen LogP contribution in [0.15, 0.2) is 53.5 Å². The Hall–Kier alpha value is -2.82. The van der Waals surface area contributed by atoms with Gasteiger partial charge in [-0.25, -0.2) is 4.79 Å². The average molecular weight is 350 g/mol. The van der Waals surface area contributed by atoms with E-state index in [9.17, 15) is 9.90 Å². The van der Waals surface area contributed by atoms with Crippen LogP contribution in [0.5, 0.6) is 5.75 Å². The van der Waals surface area contributed by atoms with E-state index >= 15 is 0 Å². The zero-order valence-corrected chi connectivity index (χ0v) is 14.6. The molecule has 0 radical (unpaired) electrons. The van der Waals surface area contributed by atoms with Gasteiger partial charge in [-0.2, -0.15) is 0 Å². The largest absolute Gasteiger partial charge is 0.494 e. The molecular formula is C21H22N2O3. The number of aliphatic imine (C=N–C) groups is 1. The van der Waals surface area contributed by atoms with Gasteiger partial charge in [0.2, 0.25) is 0 Å². The minimum atomic E-state index is -0.871. The smallest absolute Gasteiger partial charge is 0.407 e. The van der Waals surface area contributed by atoms with Crippen molar-refractivity contribution in [2.45, 2.75) is 25.2 Å². The molecule has 0 aliphatic carbocycles. The second-order valence-corrected chi connectivity index (χ2v) is 6.81. The van der Waals surface area contributed by atoms with Gasteiger partial charge in [-0.1, -0.05) is 30.3 Å². The topological polar surface area (TPSA) is 62.1 Å². The number of carbonyl (C=O) groups is 1. The lowest BCUT2D eigenvalue weighted by Gasteiger charge is -2.29. The molecule has 1 N–H and O–H groups in total. The first-order chi connectivity index (χ1) is 12.7. The van der Waals surface area contributed by atoms with Crippen molar-refractivity contribution in [2.75, 3.05) is 19.7 Å². The van der Waals surface area contributed by atoms with Gasteiger partial charge in [0.25, 0.3) is 0 Å². The summed E-state index contributed by atoms with van der Waals surface area (Å²) in [5, 5.41) is 9.17. The van der Waals surface area contributed by atoms with Crippen molar-refractivity contribution in [1.29, 1.82) is 0 Å². The molecule has 26 heavy (non-hydrogen) atoms. The van der Waals surface area contributed by atoms with Crippen LogP contribution >= 0.6 is 0 Å². The average Bonchev–Trinajstić information content (AvgIpc) is 3.03. The van der Waals surface area contributed by atoms with E-state index in [1.165, 1.54) is 16.0 Å². The quantitative estimate of drug-likeness (QED) is 0.820. The number of aryl methyl sites for hydroxylation is 1. The molecule has 0 bridgehead atoms. The van der Waals surface area contributed by atoms with Crippen LogP contribution in [-0.4, -0.2) is 41.5 Å². The predicted octanol–water partition coefficient (Wildman–Crippen LogP) is 4.25. The molecule has 2 aromatic carbocycles. The summed E-state index contributed by atoms with van der Waals surface area (Å²) in [7, 11) is 0. The maximum Gasteiger partial charge on any atom is 0.407 e. The molecule has 0 spiro atoms. The van der Waals surface area contributed by atoms with Crippen molar-refractivity contribution >= 4 is 17.5 Å². The summed E-state index contributed by atoms with van der Waals surface area (Å²) in [6.07, 6.45) is 1.90. The fourth-order valence-corrected chi connectivity index (χ4v) is 3.72. The standard InChI is InChI=1S/C21H22N2O3/c24-21(25)23-11-10-17-18-13-16(8-9-19(18)22-20(17)14-23)26-12-4-7-15-5-2-1-3-6-15/h1-3,5-6,8-9,13,17H,4,7,10-12,14H2,(H,24,25). The van der Waals surface area contributed by atoms with Gasteiger partial charge in [0, 0.05) is 18.2 Å². The highest BCUT2D eigenvalue weighted by atomic mass is 16.5. The van der Waals surface area contributed by atoms with Crippen LogP contribution in [0.2, 0.25) is 0 Å². The Morgan fingerprint density at radius 2 is 2.08 bits per heavy atom. The van der Waals surface area contributed by atoms with Gasteiger partial charge in [0.1, 0.15) is 5.75 Å². The summed E-state index contributed by atoms with van der Waals surface area (Å²) in [6, 6.07) is 16.4. The molecule has 0 aromatic heterocycles. The Morgan fingerprint density at radius 3 is 2.88 bits per heavy atom. The molecule has 1 amide bonds. The molecule has 1 unspecified atom stereocenters. The van der Waals surface area contributed by atoms with E-state index in [0.29, 0.717) is 19.7 Å². The highest BCUT2D eigenvalue weighted by Crippen LogP contribution is 2.41. The van der Waals surface area contributed by atoms with Gasteiger partial charge >= 0.3 is 6.09 Å². The lowest BCUT2D eigenvalue weighted by atomic mass is 9.89. The Kier molecular flexibility index (Phi) is 4.61. The first-order valence-electron chi connectivity index (χ1n) is 9.07. The molecule has 134 valence electrons. The number of amides is 1. The molecule has 4 rings (SSSR count). The Bertz CT molecular complexity index is 832. The monoisotopic (exact) mass is 350 g/mol. The zero-order valence-electron chi connectivity index (χ0n) is 14.6. The van der Waals surface area contributed by atoms with Gasteiger partial charge in [0.05, 0.1) is 18.8 Å². The molecule has 2 aliphatic rings. The minimum absolute atomic E-state index is 0.230. The Labute approximate surface area is 152 Å². The number of piperidine rings is 1. The van der Waals surface area contributed by atoms with Crippen molar-refractivity contribution in [2.24, 2.45) is 4.99 Å². The van der Waals surface area contributed by atoms with E-state index in [2.05, 4.69) is 35.3 Å². The molecule has 2 aromatic rings. The van der Waals surface area contributed by atoms with E-state index < -0.39 is 6.09 Å². The third-order valence-electron chi connectivity index (χ3n) is 5.07. The maximum absolute atomic E-state index is 11.2. The summed E-state index contributed by atoms with van der Waals surface area (Å²) in [4.78, 5) is 17.2. The third kappa shape index (κ3) is 3.43. The summed E-state index contributed by atoms with van der Waals surface area (Å²) >= 11 is 0. The number of benzene rings is 2. The van der Waals surface area contributed by atoms with Crippen LogP contribution in [0.1, 0.15) is 29.9 Å². The zero-order chi connectivity index (χ0) is 17.9. The minimum Gasteiger partial charge on any atom is -0.494 e. The number of nitrogens with zero attached hydrogens (tertiary/aromatic N) is 2. The molecule has 1 saturated heterocycles. The van der Waals surface area contributed by atoms with Crippen LogP contribution in [-0.2, 0) is 6.42 Å². The van der Waals surface area contributed by atoms with Crippen molar-refractivity contribution in [3.05, 3.63) is 59.7 Å². The number of fused-ring (bicyclic) bond motifs is 3. The second kappa shape index (κ2) is 7.20. The summed E-state index contributed by atoms with van der Waals surface area (Å²) in [5.41, 5.74) is 4.41. The van der Waals surface area contributed by atoms with Crippen molar-refractivity contribution < 1.29 is 14.6 Å². The van der Waals surface area contributed by atoms with Crippen LogP contribution in [0.4, 0.5) is 10.5 Å². The number of likely N-dealkylation sites (tertiary alicyclic amines) is 1. The van der Waals surface area contributed by atoms with E-state index in [-0.39, 0.29) is 5.92 Å². The normalized spacial score (nSPS) is 18.1. The van der Waals surface area contributed by atoms with Crippen molar-refractivity contribution in [3.8, 4) is 5.75 Å². The maximum atomic E-state index is 11.2. The lowest BCUT2D eigenvalue weighted by Crippen LogP contribution is -2.41. The lowest BCUT2D eigenvalue weighted by molar-refractivity contribution is 0.148. The molecule has 1 atom stereocenters. The SMILES string of the molecule is O=C(O)N1CCC2C(=Nc3ccc(OCCCc4ccccc4)cc32)C1. The molecule has 5 heteroatoms. The van der Waals surface area contributed by atoms with Gasteiger partial charge in [0.15, 0.2) is 0 Å². The number of hydrogen-bond donors (Lipinski definition) is 1. The molecule has 2 aliphatic heterocycles. The van der Waals surface area contributed by atoms with Gasteiger partial charge < -0.3 is 14.7 Å². The third-order valence-corrected chi connectivity index (χ3v) is 5.07. The molecule has 2 heterocycles. The van der Waals surface area contributed by atoms with Gasteiger partial charge in [-0.15, -0.1) is 0 Å². The van der Waals surface area contributed by atoms with E-state index in [0.717, 1.165) is 36.4 Å². The van der Waals surface area contributed by atoms with Crippen LogP contribution in [0.3, 0.4) is 0 Å². The summed E-state index contributed by atoms with van der Waals surface area (Å²) in [6.45, 7) is 1.64. The fraction of sp³-hybridized carbons (Fsp3) is 0.333.